The maximum absolute atomic E-state index is 12.5. The molecule has 2 N–H and O–H groups in total. The van der Waals surface area contributed by atoms with Crippen molar-refractivity contribution in [2.24, 2.45) is 4.99 Å². The molecule has 1 aliphatic heterocycles. The van der Waals surface area contributed by atoms with Crippen LogP contribution in [-0.4, -0.2) is 60.8 Å². The van der Waals surface area contributed by atoms with Gasteiger partial charge in [0.25, 0.3) is 0 Å². The first-order valence-electron chi connectivity index (χ1n) is 8.67. The Hall–Kier alpha value is -0.620. The highest BCUT2D eigenvalue weighted by Crippen LogP contribution is 2.20. The van der Waals surface area contributed by atoms with E-state index in [-0.39, 0.29) is 30.0 Å². The van der Waals surface area contributed by atoms with Crippen LogP contribution < -0.4 is 10.6 Å². The van der Waals surface area contributed by atoms with Crippen molar-refractivity contribution in [3.63, 3.8) is 0 Å². The lowest BCUT2D eigenvalue weighted by Gasteiger charge is -2.19. The quantitative estimate of drug-likeness (QED) is 0.340. The van der Waals surface area contributed by atoms with Gasteiger partial charge in [-0.15, -0.1) is 35.3 Å². The van der Waals surface area contributed by atoms with Crippen LogP contribution in [0.5, 0.6) is 0 Å². The zero-order chi connectivity index (χ0) is 18.3. The molecule has 1 aromatic heterocycles. The van der Waals surface area contributed by atoms with Crippen LogP contribution in [-0.2, 0) is 12.8 Å². The van der Waals surface area contributed by atoms with Crippen molar-refractivity contribution < 1.29 is 13.2 Å². The molecule has 150 valence electrons. The van der Waals surface area contributed by atoms with E-state index >= 15 is 0 Å². The van der Waals surface area contributed by atoms with Gasteiger partial charge in [-0.05, 0) is 19.8 Å². The van der Waals surface area contributed by atoms with Crippen molar-refractivity contribution in [1.82, 2.24) is 20.5 Å². The number of aryl methyl sites for hydroxylation is 1. The summed E-state index contributed by atoms with van der Waals surface area (Å²) in [6.07, 6.45) is 0.208. The molecule has 0 bridgehead atoms. The van der Waals surface area contributed by atoms with E-state index in [4.69, 9.17) is 0 Å². The minimum Gasteiger partial charge on any atom is -0.357 e. The summed E-state index contributed by atoms with van der Waals surface area (Å²) in [4.78, 5) is 11.6. The van der Waals surface area contributed by atoms with Crippen LogP contribution in [0.4, 0.5) is 13.2 Å². The number of aromatic nitrogens is 1. The molecule has 2 heterocycles. The third-order valence-electron chi connectivity index (χ3n) is 3.91. The number of alkyl halides is 3. The fourth-order valence-electron chi connectivity index (χ4n) is 2.75. The smallest absolute Gasteiger partial charge is 0.357 e. The maximum atomic E-state index is 12.5. The number of rotatable bonds is 7. The Labute approximate surface area is 173 Å². The van der Waals surface area contributed by atoms with Crippen LogP contribution in [0.15, 0.2) is 11.2 Å². The highest BCUT2D eigenvalue weighted by atomic mass is 127. The average Bonchev–Trinajstić information content (AvgIpc) is 3.15. The van der Waals surface area contributed by atoms with Gasteiger partial charge in [-0.3, -0.25) is 9.89 Å². The fourth-order valence-corrected chi connectivity index (χ4v) is 3.60. The first kappa shape index (κ1) is 23.4. The van der Waals surface area contributed by atoms with Gasteiger partial charge in [0.15, 0.2) is 5.96 Å². The molecule has 1 aliphatic rings. The van der Waals surface area contributed by atoms with Crippen molar-refractivity contribution in [2.75, 3.05) is 32.7 Å². The molecule has 1 atom stereocenters. The molecular weight excluding hydrogens is 478 g/mol. The molecule has 0 spiro atoms. The lowest BCUT2D eigenvalue weighted by Crippen LogP contribution is -2.45. The minimum atomic E-state index is -4.14. The summed E-state index contributed by atoms with van der Waals surface area (Å²) < 4.78 is 37.4. The molecule has 0 aromatic carbocycles. The predicted octanol–water partition coefficient (Wildman–Crippen LogP) is 3.06. The van der Waals surface area contributed by atoms with Crippen LogP contribution >= 0.6 is 35.3 Å². The Balaban J connectivity index is 0.00000338. The Kier molecular flexibility index (Phi) is 10.2. The fraction of sp³-hybridized carbons (Fsp3) is 0.750. The van der Waals surface area contributed by atoms with E-state index < -0.39 is 12.7 Å². The molecule has 10 heteroatoms. The van der Waals surface area contributed by atoms with Crippen molar-refractivity contribution in [2.45, 2.75) is 45.3 Å². The summed E-state index contributed by atoms with van der Waals surface area (Å²) in [5, 5.41) is 7.47. The normalized spacial score (nSPS) is 18.7. The van der Waals surface area contributed by atoms with Gasteiger partial charge < -0.3 is 10.6 Å². The minimum absolute atomic E-state index is 0. The Morgan fingerprint density at radius 1 is 1.42 bits per heavy atom. The number of likely N-dealkylation sites (tertiary alicyclic amines) is 1. The molecule has 26 heavy (non-hydrogen) atoms. The van der Waals surface area contributed by atoms with Crippen molar-refractivity contribution in [1.29, 1.82) is 0 Å². The molecule has 0 amide bonds. The van der Waals surface area contributed by atoms with Gasteiger partial charge in [0, 0.05) is 49.7 Å². The summed E-state index contributed by atoms with van der Waals surface area (Å²) in [5.74, 6) is 0.661. The van der Waals surface area contributed by atoms with Gasteiger partial charge in [-0.2, -0.15) is 13.2 Å². The van der Waals surface area contributed by atoms with E-state index in [1.807, 2.05) is 13.1 Å². The number of nitrogens with one attached hydrogen (secondary N) is 2. The van der Waals surface area contributed by atoms with E-state index in [0.29, 0.717) is 38.6 Å². The number of nitrogens with zero attached hydrogens (tertiary/aromatic N) is 3. The second kappa shape index (κ2) is 11.3. The van der Waals surface area contributed by atoms with E-state index in [1.54, 1.807) is 11.3 Å². The summed E-state index contributed by atoms with van der Waals surface area (Å²) in [6.45, 7) is 5.38. The lowest BCUT2D eigenvalue weighted by molar-refractivity contribution is -0.143. The number of aliphatic imine (C=N–C) groups is 1. The summed E-state index contributed by atoms with van der Waals surface area (Å²) in [5.41, 5.74) is 0. The van der Waals surface area contributed by atoms with Gasteiger partial charge in [0.2, 0.25) is 0 Å². The van der Waals surface area contributed by atoms with Crippen molar-refractivity contribution >= 4 is 41.3 Å². The largest absolute Gasteiger partial charge is 0.401 e. The van der Waals surface area contributed by atoms with Crippen LogP contribution in [0, 0.1) is 0 Å². The SMILES string of the molecule is CCNC(=NCCc1ncc(CC)s1)NC1CCN(CC(F)(F)F)C1.I. The number of hydrogen-bond acceptors (Lipinski definition) is 4. The Morgan fingerprint density at radius 2 is 2.19 bits per heavy atom. The monoisotopic (exact) mass is 505 g/mol. The van der Waals surface area contributed by atoms with E-state index in [9.17, 15) is 13.2 Å². The second-order valence-electron chi connectivity index (χ2n) is 6.06. The number of halogens is 4. The zero-order valence-corrected chi connectivity index (χ0v) is 18.3. The van der Waals surface area contributed by atoms with Gasteiger partial charge >= 0.3 is 6.18 Å². The summed E-state index contributed by atoms with van der Waals surface area (Å²) in [7, 11) is 0. The zero-order valence-electron chi connectivity index (χ0n) is 15.1. The molecule has 1 aromatic rings. The number of hydrogen-bond donors (Lipinski definition) is 2. The standard InChI is InChI=1S/C16H26F3N5S.HI/c1-3-13-9-22-14(25-13)5-7-21-15(20-4-2)23-12-6-8-24(10-12)11-16(17,18)19;/h9,12H,3-8,10-11H2,1-2H3,(H2,20,21,23);1H. The van der Waals surface area contributed by atoms with Gasteiger partial charge in [-0.25, -0.2) is 4.98 Å². The van der Waals surface area contributed by atoms with E-state index in [0.717, 1.165) is 17.8 Å². The first-order chi connectivity index (χ1) is 11.9. The van der Waals surface area contributed by atoms with E-state index in [1.165, 1.54) is 9.78 Å². The molecule has 1 fully saturated rings. The lowest BCUT2D eigenvalue weighted by atomic mass is 10.3. The second-order valence-corrected chi connectivity index (χ2v) is 7.26. The van der Waals surface area contributed by atoms with Crippen LogP contribution in [0.2, 0.25) is 0 Å². The predicted molar refractivity (Wildman–Crippen MR) is 111 cm³/mol. The molecule has 0 saturated carbocycles. The molecule has 0 aliphatic carbocycles. The number of guanidine groups is 1. The van der Waals surface area contributed by atoms with Gasteiger partial charge in [-0.1, -0.05) is 6.92 Å². The molecular formula is C16H27F3IN5S. The molecule has 2 rings (SSSR count). The van der Waals surface area contributed by atoms with E-state index in [2.05, 4.69) is 27.5 Å². The van der Waals surface area contributed by atoms with Gasteiger partial charge in [0.05, 0.1) is 11.6 Å². The van der Waals surface area contributed by atoms with Crippen LogP contribution in [0.1, 0.15) is 30.2 Å². The maximum Gasteiger partial charge on any atom is 0.401 e. The van der Waals surface area contributed by atoms with Crippen LogP contribution in [0.3, 0.4) is 0 Å². The molecule has 1 saturated heterocycles. The molecule has 1 unspecified atom stereocenters. The topological polar surface area (TPSA) is 52.6 Å². The summed E-state index contributed by atoms with van der Waals surface area (Å²) >= 11 is 1.70. The molecule has 0 radical (unpaired) electrons. The Bertz CT molecular complexity index is 564. The molecule has 5 nitrogen and oxygen atoms in total. The third-order valence-corrected chi connectivity index (χ3v) is 5.11. The highest BCUT2D eigenvalue weighted by molar-refractivity contribution is 14.0. The van der Waals surface area contributed by atoms with Crippen LogP contribution in [0.25, 0.3) is 0 Å². The summed E-state index contributed by atoms with van der Waals surface area (Å²) in [6, 6.07) is -0.00768. The van der Waals surface area contributed by atoms with Crippen molar-refractivity contribution in [3.05, 3.63) is 16.1 Å². The average molecular weight is 505 g/mol. The first-order valence-corrected chi connectivity index (χ1v) is 9.48. The van der Waals surface area contributed by atoms with Crippen molar-refractivity contribution in [3.8, 4) is 0 Å². The highest BCUT2D eigenvalue weighted by Gasteiger charge is 2.34. The Morgan fingerprint density at radius 3 is 2.81 bits per heavy atom. The third kappa shape index (κ3) is 8.38. The van der Waals surface area contributed by atoms with Gasteiger partial charge in [0.1, 0.15) is 0 Å². The number of thiazole rings is 1.